The number of nitrogens with two attached hydrogens (primary N) is 1. The standard InChI is InChI=1S/C17H16BrN5O2/c18-13-6-14(23-15(13)16(19)20-10-21-23)12-7-22(8-12)17(24)25-9-11-4-2-1-3-5-11/h1-6,10,12H,7-9H2,(H2,19,20,21). The molecular formula is C17H16BrN5O2. The molecule has 1 aliphatic rings. The van der Waals surface area contributed by atoms with Gasteiger partial charge >= 0.3 is 6.09 Å². The number of likely N-dealkylation sites (tertiary alicyclic amines) is 1. The van der Waals surface area contributed by atoms with Crippen molar-refractivity contribution in [3.63, 3.8) is 0 Å². The predicted octanol–water partition coefficient (Wildman–Crippen LogP) is 2.81. The zero-order valence-electron chi connectivity index (χ0n) is 13.3. The van der Waals surface area contributed by atoms with E-state index >= 15 is 0 Å². The number of benzene rings is 1. The summed E-state index contributed by atoms with van der Waals surface area (Å²) in [7, 11) is 0. The van der Waals surface area contributed by atoms with Crippen LogP contribution in [0, 0.1) is 0 Å². The summed E-state index contributed by atoms with van der Waals surface area (Å²) < 4.78 is 7.99. The summed E-state index contributed by atoms with van der Waals surface area (Å²) in [5.41, 5.74) is 8.64. The topological polar surface area (TPSA) is 85.8 Å². The smallest absolute Gasteiger partial charge is 0.410 e. The summed E-state index contributed by atoms with van der Waals surface area (Å²) in [6.45, 7) is 1.47. The van der Waals surface area contributed by atoms with Gasteiger partial charge in [0.25, 0.3) is 0 Å². The molecule has 0 bridgehead atoms. The summed E-state index contributed by atoms with van der Waals surface area (Å²) in [5, 5.41) is 4.27. The van der Waals surface area contributed by atoms with E-state index in [-0.39, 0.29) is 18.6 Å². The Kier molecular flexibility index (Phi) is 4.04. The van der Waals surface area contributed by atoms with Crippen LogP contribution in [-0.2, 0) is 11.3 Å². The van der Waals surface area contributed by atoms with Crippen LogP contribution in [0.5, 0.6) is 0 Å². The lowest BCUT2D eigenvalue weighted by molar-refractivity contribution is 0.0654. The fraction of sp³-hybridized carbons (Fsp3) is 0.235. The highest BCUT2D eigenvalue weighted by molar-refractivity contribution is 9.10. The average Bonchev–Trinajstić information content (AvgIpc) is 2.91. The van der Waals surface area contributed by atoms with Crippen molar-refractivity contribution >= 4 is 33.4 Å². The Morgan fingerprint density at radius 2 is 2.08 bits per heavy atom. The van der Waals surface area contributed by atoms with Gasteiger partial charge in [-0.3, -0.25) is 0 Å². The molecule has 0 unspecified atom stereocenters. The molecule has 1 saturated heterocycles. The monoisotopic (exact) mass is 401 g/mol. The SMILES string of the molecule is Nc1ncnn2c(C3CN(C(=O)OCc4ccccc4)C3)cc(Br)c12. The minimum Gasteiger partial charge on any atom is -0.445 e. The predicted molar refractivity (Wildman–Crippen MR) is 96.0 cm³/mol. The molecule has 1 fully saturated rings. The minimum absolute atomic E-state index is 0.192. The number of hydrogen-bond donors (Lipinski definition) is 1. The quantitative estimate of drug-likeness (QED) is 0.728. The molecule has 1 aliphatic heterocycles. The van der Waals surface area contributed by atoms with Crippen molar-refractivity contribution < 1.29 is 9.53 Å². The molecule has 0 atom stereocenters. The van der Waals surface area contributed by atoms with Gasteiger partial charge in [-0.25, -0.2) is 14.3 Å². The molecule has 3 aromatic rings. The Labute approximate surface area is 152 Å². The Morgan fingerprint density at radius 3 is 2.84 bits per heavy atom. The third-order valence-electron chi connectivity index (χ3n) is 4.33. The number of carbonyl (C=O) groups is 1. The number of anilines is 1. The number of amides is 1. The van der Waals surface area contributed by atoms with Crippen molar-refractivity contribution in [2.24, 2.45) is 0 Å². The second-order valence-electron chi connectivity index (χ2n) is 5.96. The van der Waals surface area contributed by atoms with Gasteiger partial charge in [0.05, 0.1) is 5.69 Å². The Morgan fingerprint density at radius 1 is 1.32 bits per heavy atom. The maximum Gasteiger partial charge on any atom is 0.410 e. The third kappa shape index (κ3) is 2.93. The Balaban J connectivity index is 1.41. The molecule has 1 aromatic carbocycles. The van der Waals surface area contributed by atoms with E-state index in [1.165, 1.54) is 6.33 Å². The van der Waals surface area contributed by atoms with Crippen LogP contribution < -0.4 is 5.73 Å². The molecule has 0 saturated carbocycles. The molecule has 0 radical (unpaired) electrons. The maximum absolute atomic E-state index is 12.1. The van der Waals surface area contributed by atoms with Crippen molar-refractivity contribution in [1.29, 1.82) is 0 Å². The fourth-order valence-electron chi connectivity index (χ4n) is 2.96. The number of carbonyl (C=O) groups excluding carboxylic acids is 1. The van der Waals surface area contributed by atoms with E-state index in [1.807, 2.05) is 36.4 Å². The van der Waals surface area contributed by atoms with E-state index in [0.29, 0.717) is 18.9 Å². The van der Waals surface area contributed by atoms with E-state index < -0.39 is 0 Å². The molecule has 3 heterocycles. The van der Waals surface area contributed by atoms with E-state index in [4.69, 9.17) is 10.5 Å². The summed E-state index contributed by atoms with van der Waals surface area (Å²) in [4.78, 5) is 17.8. The van der Waals surface area contributed by atoms with Gasteiger partial charge < -0.3 is 15.4 Å². The van der Waals surface area contributed by atoms with Gasteiger partial charge in [-0.15, -0.1) is 0 Å². The highest BCUT2D eigenvalue weighted by Crippen LogP contribution is 2.33. The first-order valence-corrected chi connectivity index (χ1v) is 8.66. The molecule has 128 valence electrons. The first-order chi connectivity index (χ1) is 12.1. The highest BCUT2D eigenvalue weighted by Gasteiger charge is 2.35. The summed E-state index contributed by atoms with van der Waals surface area (Å²) in [6, 6.07) is 11.6. The number of fused-ring (bicyclic) bond motifs is 1. The van der Waals surface area contributed by atoms with Crippen LogP contribution in [0.4, 0.5) is 10.6 Å². The Bertz CT molecular complexity index is 921. The number of hydrogen-bond acceptors (Lipinski definition) is 5. The molecule has 2 aromatic heterocycles. The average molecular weight is 402 g/mol. The largest absolute Gasteiger partial charge is 0.445 e. The van der Waals surface area contributed by atoms with Crippen LogP contribution in [-0.4, -0.2) is 38.7 Å². The molecule has 0 aliphatic carbocycles. The van der Waals surface area contributed by atoms with Gasteiger partial charge in [-0.2, -0.15) is 5.10 Å². The molecule has 2 N–H and O–H groups in total. The number of aromatic nitrogens is 3. The lowest BCUT2D eigenvalue weighted by Gasteiger charge is -2.37. The van der Waals surface area contributed by atoms with Crippen molar-refractivity contribution in [3.05, 3.63) is 58.5 Å². The van der Waals surface area contributed by atoms with Gasteiger partial charge in [-0.05, 0) is 27.6 Å². The van der Waals surface area contributed by atoms with E-state index in [9.17, 15) is 4.79 Å². The minimum atomic E-state index is -0.297. The van der Waals surface area contributed by atoms with Gasteiger partial charge in [-0.1, -0.05) is 30.3 Å². The van der Waals surface area contributed by atoms with Gasteiger partial charge in [0, 0.05) is 23.5 Å². The number of ether oxygens (including phenoxy) is 1. The highest BCUT2D eigenvalue weighted by atomic mass is 79.9. The second kappa shape index (κ2) is 6.36. The first kappa shape index (κ1) is 15.9. The lowest BCUT2D eigenvalue weighted by Crippen LogP contribution is -2.49. The number of nitrogen functional groups attached to an aromatic ring is 1. The van der Waals surface area contributed by atoms with E-state index in [0.717, 1.165) is 21.2 Å². The van der Waals surface area contributed by atoms with E-state index in [2.05, 4.69) is 26.0 Å². The number of rotatable bonds is 3. The van der Waals surface area contributed by atoms with Crippen LogP contribution in [0.25, 0.3) is 5.52 Å². The summed E-state index contributed by atoms with van der Waals surface area (Å²) >= 11 is 3.50. The number of nitrogens with zero attached hydrogens (tertiary/aromatic N) is 4. The molecule has 7 nitrogen and oxygen atoms in total. The van der Waals surface area contributed by atoms with Crippen LogP contribution in [0.2, 0.25) is 0 Å². The summed E-state index contributed by atoms with van der Waals surface area (Å²) in [6.07, 6.45) is 1.14. The number of halogens is 1. The lowest BCUT2D eigenvalue weighted by atomic mass is 9.97. The Hall–Kier alpha value is -2.61. The van der Waals surface area contributed by atoms with E-state index in [1.54, 1.807) is 9.42 Å². The second-order valence-corrected chi connectivity index (χ2v) is 6.82. The van der Waals surface area contributed by atoms with Crippen molar-refractivity contribution in [2.75, 3.05) is 18.8 Å². The molecule has 0 spiro atoms. The molecule has 4 rings (SSSR count). The molecular weight excluding hydrogens is 386 g/mol. The fourth-order valence-corrected chi connectivity index (χ4v) is 3.57. The van der Waals surface area contributed by atoms with Crippen LogP contribution in [0.15, 0.2) is 47.2 Å². The van der Waals surface area contributed by atoms with Gasteiger partial charge in [0.15, 0.2) is 5.82 Å². The van der Waals surface area contributed by atoms with Crippen LogP contribution in [0.3, 0.4) is 0 Å². The normalized spacial score (nSPS) is 14.5. The van der Waals surface area contributed by atoms with Crippen LogP contribution >= 0.6 is 15.9 Å². The van der Waals surface area contributed by atoms with Crippen molar-refractivity contribution in [3.8, 4) is 0 Å². The van der Waals surface area contributed by atoms with Gasteiger partial charge in [0.2, 0.25) is 0 Å². The zero-order valence-corrected chi connectivity index (χ0v) is 14.9. The molecule has 8 heteroatoms. The summed E-state index contributed by atoms with van der Waals surface area (Å²) in [5.74, 6) is 0.615. The van der Waals surface area contributed by atoms with Crippen molar-refractivity contribution in [2.45, 2.75) is 12.5 Å². The molecule has 25 heavy (non-hydrogen) atoms. The van der Waals surface area contributed by atoms with Crippen LogP contribution in [0.1, 0.15) is 17.2 Å². The van der Waals surface area contributed by atoms with Crippen molar-refractivity contribution in [1.82, 2.24) is 19.5 Å². The van der Waals surface area contributed by atoms with Gasteiger partial charge in [0.1, 0.15) is 18.5 Å². The molecule has 1 amide bonds. The third-order valence-corrected chi connectivity index (χ3v) is 4.93. The first-order valence-electron chi connectivity index (χ1n) is 7.86. The maximum atomic E-state index is 12.1. The zero-order chi connectivity index (χ0) is 17.4.